The molecule has 0 spiro atoms. The van der Waals surface area contributed by atoms with Crippen LogP contribution in [0.5, 0.6) is 5.75 Å². The maximum atomic E-state index is 12.6. The average Bonchev–Trinajstić information content (AvgIpc) is 2.71. The van der Waals surface area contributed by atoms with E-state index in [2.05, 4.69) is 0 Å². The molecule has 2 atom stereocenters. The number of hydrogen-bond donors (Lipinski definition) is 1. The van der Waals surface area contributed by atoms with Gasteiger partial charge in [0.1, 0.15) is 5.75 Å². The molecule has 1 saturated heterocycles. The number of sulfonamides is 1. The quantitative estimate of drug-likeness (QED) is 0.916. The summed E-state index contributed by atoms with van der Waals surface area (Å²) < 4.78 is 26.8. The SMILES string of the molecule is CCC1CCC(C)N1S(=O)(=O)c1ccc(O)cc1. The first kappa shape index (κ1) is 13.4. The number of nitrogens with zero attached hydrogens (tertiary/aromatic N) is 1. The largest absolute Gasteiger partial charge is 0.508 e. The molecule has 0 aromatic heterocycles. The van der Waals surface area contributed by atoms with Crippen molar-refractivity contribution in [1.82, 2.24) is 4.31 Å². The Balaban J connectivity index is 2.38. The monoisotopic (exact) mass is 269 g/mol. The third-order valence-corrected chi connectivity index (χ3v) is 5.68. The van der Waals surface area contributed by atoms with Crippen LogP contribution in [0.15, 0.2) is 29.2 Å². The van der Waals surface area contributed by atoms with Gasteiger partial charge in [-0.05, 0) is 50.5 Å². The van der Waals surface area contributed by atoms with Gasteiger partial charge in [0.05, 0.1) is 4.90 Å². The van der Waals surface area contributed by atoms with Gasteiger partial charge in [-0.3, -0.25) is 0 Å². The Bertz CT molecular complexity index is 510. The number of benzene rings is 1. The van der Waals surface area contributed by atoms with Gasteiger partial charge < -0.3 is 5.11 Å². The number of aromatic hydroxyl groups is 1. The van der Waals surface area contributed by atoms with Gasteiger partial charge in [-0.1, -0.05) is 6.92 Å². The van der Waals surface area contributed by atoms with Crippen LogP contribution in [-0.4, -0.2) is 29.9 Å². The van der Waals surface area contributed by atoms with Crippen LogP contribution in [0.4, 0.5) is 0 Å². The summed E-state index contributed by atoms with van der Waals surface area (Å²) in [6, 6.07) is 5.89. The number of rotatable bonds is 3. The van der Waals surface area contributed by atoms with E-state index >= 15 is 0 Å². The van der Waals surface area contributed by atoms with E-state index < -0.39 is 10.0 Å². The van der Waals surface area contributed by atoms with E-state index in [1.54, 1.807) is 4.31 Å². The summed E-state index contributed by atoms with van der Waals surface area (Å²) in [5.41, 5.74) is 0. The molecular formula is C13H19NO3S. The first-order chi connectivity index (χ1) is 8.46. The van der Waals surface area contributed by atoms with Gasteiger partial charge in [0.15, 0.2) is 0 Å². The highest BCUT2D eigenvalue weighted by Crippen LogP contribution is 2.32. The van der Waals surface area contributed by atoms with E-state index in [0.29, 0.717) is 0 Å². The van der Waals surface area contributed by atoms with Crippen LogP contribution in [0.3, 0.4) is 0 Å². The molecule has 0 radical (unpaired) electrons. The Morgan fingerprint density at radius 3 is 2.44 bits per heavy atom. The van der Waals surface area contributed by atoms with E-state index in [4.69, 9.17) is 0 Å². The normalized spacial score (nSPS) is 25.4. The third-order valence-electron chi connectivity index (χ3n) is 3.60. The molecule has 18 heavy (non-hydrogen) atoms. The second-order valence-corrected chi connectivity index (χ2v) is 6.66. The van der Waals surface area contributed by atoms with Gasteiger partial charge in [0.25, 0.3) is 0 Å². The smallest absolute Gasteiger partial charge is 0.243 e. The highest BCUT2D eigenvalue weighted by atomic mass is 32.2. The zero-order valence-electron chi connectivity index (χ0n) is 10.7. The maximum Gasteiger partial charge on any atom is 0.243 e. The fourth-order valence-electron chi connectivity index (χ4n) is 2.61. The van der Waals surface area contributed by atoms with Crippen molar-refractivity contribution in [2.75, 3.05) is 0 Å². The van der Waals surface area contributed by atoms with E-state index in [1.807, 2.05) is 13.8 Å². The molecule has 1 fully saturated rings. The minimum absolute atomic E-state index is 0.0498. The minimum Gasteiger partial charge on any atom is -0.508 e. The molecule has 0 amide bonds. The molecule has 4 nitrogen and oxygen atoms in total. The molecular weight excluding hydrogens is 250 g/mol. The molecule has 1 aliphatic rings. The van der Waals surface area contributed by atoms with Crippen LogP contribution in [0, 0.1) is 0 Å². The van der Waals surface area contributed by atoms with Crippen LogP contribution >= 0.6 is 0 Å². The van der Waals surface area contributed by atoms with Crippen LogP contribution in [0.1, 0.15) is 33.1 Å². The summed E-state index contributed by atoms with van der Waals surface area (Å²) >= 11 is 0. The van der Waals surface area contributed by atoms with Crippen LogP contribution < -0.4 is 0 Å². The molecule has 0 saturated carbocycles. The van der Waals surface area contributed by atoms with E-state index in [9.17, 15) is 13.5 Å². The lowest BCUT2D eigenvalue weighted by Crippen LogP contribution is -2.39. The molecule has 1 aromatic rings. The maximum absolute atomic E-state index is 12.6. The summed E-state index contributed by atoms with van der Waals surface area (Å²) in [6.07, 6.45) is 2.67. The topological polar surface area (TPSA) is 57.6 Å². The highest BCUT2D eigenvalue weighted by molar-refractivity contribution is 7.89. The van der Waals surface area contributed by atoms with Crippen molar-refractivity contribution in [3.05, 3.63) is 24.3 Å². The molecule has 0 aliphatic carbocycles. The van der Waals surface area contributed by atoms with Gasteiger partial charge in [-0.2, -0.15) is 4.31 Å². The first-order valence-corrected chi connectivity index (χ1v) is 7.73. The summed E-state index contributed by atoms with van der Waals surface area (Å²) in [6.45, 7) is 3.97. The van der Waals surface area contributed by atoms with Crippen molar-refractivity contribution in [2.45, 2.75) is 50.1 Å². The second-order valence-electron chi connectivity index (χ2n) is 4.82. The molecule has 2 unspecified atom stereocenters. The fraction of sp³-hybridized carbons (Fsp3) is 0.538. The zero-order valence-corrected chi connectivity index (χ0v) is 11.5. The van der Waals surface area contributed by atoms with Crippen molar-refractivity contribution in [2.24, 2.45) is 0 Å². The number of phenolic OH excluding ortho intramolecular Hbond substituents is 1. The van der Waals surface area contributed by atoms with Crippen molar-refractivity contribution >= 4 is 10.0 Å². The molecule has 1 N–H and O–H groups in total. The van der Waals surface area contributed by atoms with Crippen LogP contribution in [0.25, 0.3) is 0 Å². The number of phenols is 1. The molecule has 0 bridgehead atoms. The predicted octanol–water partition coefficient (Wildman–Crippen LogP) is 2.34. The molecule has 100 valence electrons. The highest BCUT2D eigenvalue weighted by Gasteiger charge is 2.38. The molecule has 1 aliphatic heterocycles. The number of hydrogen-bond acceptors (Lipinski definition) is 3. The Kier molecular flexibility index (Phi) is 3.64. The van der Waals surface area contributed by atoms with E-state index in [1.165, 1.54) is 24.3 Å². The summed E-state index contributed by atoms with van der Waals surface area (Å²) in [5, 5.41) is 9.23. The van der Waals surface area contributed by atoms with E-state index in [-0.39, 0.29) is 22.7 Å². The van der Waals surface area contributed by atoms with Crippen molar-refractivity contribution in [3.63, 3.8) is 0 Å². The van der Waals surface area contributed by atoms with Crippen molar-refractivity contribution < 1.29 is 13.5 Å². The standard InChI is InChI=1S/C13H19NO3S/c1-3-11-5-4-10(2)14(11)18(16,17)13-8-6-12(15)7-9-13/h6-11,15H,3-5H2,1-2H3. The Hall–Kier alpha value is -1.07. The van der Waals surface area contributed by atoms with Gasteiger partial charge in [0.2, 0.25) is 10.0 Å². The summed E-state index contributed by atoms with van der Waals surface area (Å²) in [4.78, 5) is 0.257. The van der Waals surface area contributed by atoms with Gasteiger partial charge in [-0.25, -0.2) is 8.42 Å². The zero-order chi connectivity index (χ0) is 13.3. The van der Waals surface area contributed by atoms with E-state index in [0.717, 1.165) is 19.3 Å². The lowest BCUT2D eigenvalue weighted by atomic mass is 10.2. The van der Waals surface area contributed by atoms with Gasteiger partial charge >= 0.3 is 0 Å². The second kappa shape index (κ2) is 4.90. The Morgan fingerprint density at radius 2 is 1.89 bits per heavy atom. The molecule has 2 rings (SSSR count). The molecule has 5 heteroatoms. The third kappa shape index (κ3) is 2.24. The van der Waals surface area contributed by atoms with Crippen LogP contribution in [0.2, 0.25) is 0 Å². The Labute approximate surface area is 108 Å². The summed E-state index contributed by atoms with van der Waals surface area (Å²) in [5.74, 6) is 0.0791. The predicted molar refractivity (Wildman–Crippen MR) is 69.9 cm³/mol. The average molecular weight is 269 g/mol. The Morgan fingerprint density at radius 1 is 1.28 bits per heavy atom. The van der Waals surface area contributed by atoms with Crippen molar-refractivity contribution in [1.29, 1.82) is 0 Å². The van der Waals surface area contributed by atoms with Gasteiger partial charge in [0, 0.05) is 12.1 Å². The first-order valence-electron chi connectivity index (χ1n) is 6.29. The van der Waals surface area contributed by atoms with Crippen LogP contribution in [-0.2, 0) is 10.0 Å². The molecule has 1 heterocycles. The minimum atomic E-state index is -3.44. The summed E-state index contributed by atoms with van der Waals surface area (Å²) in [7, 11) is -3.44. The lowest BCUT2D eigenvalue weighted by Gasteiger charge is -2.27. The lowest BCUT2D eigenvalue weighted by molar-refractivity contribution is 0.328. The van der Waals surface area contributed by atoms with Crippen molar-refractivity contribution in [3.8, 4) is 5.75 Å². The fourth-order valence-corrected chi connectivity index (χ4v) is 4.55. The molecule has 1 aromatic carbocycles. The van der Waals surface area contributed by atoms with Gasteiger partial charge in [-0.15, -0.1) is 0 Å².